The van der Waals surface area contributed by atoms with Crippen molar-refractivity contribution in [3.63, 3.8) is 0 Å². The van der Waals surface area contributed by atoms with Gasteiger partial charge in [-0.05, 0) is 7.05 Å². The summed E-state index contributed by atoms with van der Waals surface area (Å²) in [5.74, 6) is 2.65. The van der Waals surface area contributed by atoms with Crippen molar-refractivity contribution in [1.29, 1.82) is 0 Å². The fourth-order valence-corrected chi connectivity index (χ4v) is 1.79. The number of ether oxygens (including phenoxy) is 3. The summed E-state index contributed by atoms with van der Waals surface area (Å²) in [6, 6.07) is 3.46. The lowest BCUT2D eigenvalue weighted by Gasteiger charge is -2.11. The summed E-state index contributed by atoms with van der Waals surface area (Å²) in [6.07, 6.45) is 0. The van der Waals surface area contributed by atoms with E-state index in [-0.39, 0.29) is 0 Å². The van der Waals surface area contributed by atoms with Gasteiger partial charge in [-0.2, -0.15) is 4.98 Å². The third kappa shape index (κ3) is 2.67. The predicted molar refractivity (Wildman–Crippen MR) is 72.2 cm³/mol. The Bertz CT molecular complexity index is 583. The lowest BCUT2D eigenvalue weighted by molar-refractivity contribution is 0.348. The van der Waals surface area contributed by atoms with E-state index in [1.165, 1.54) is 0 Å². The van der Waals surface area contributed by atoms with Gasteiger partial charge in [0.25, 0.3) is 5.89 Å². The van der Waals surface area contributed by atoms with E-state index in [1.807, 2.05) is 7.05 Å². The standard InChI is InChI=1S/C13H17N3O4/c1-14-7-12-15-13(20-16-12)8-5-10(18-3)11(19-4)6-9(8)17-2/h5-6,14H,7H2,1-4H3. The third-order valence-corrected chi connectivity index (χ3v) is 2.74. The Morgan fingerprint density at radius 2 is 1.70 bits per heavy atom. The minimum absolute atomic E-state index is 0.369. The first kappa shape index (κ1) is 14.1. The molecule has 0 bridgehead atoms. The maximum Gasteiger partial charge on any atom is 0.261 e. The van der Waals surface area contributed by atoms with Crippen LogP contribution in [-0.4, -0.2) is 38.5 Å². The average molecular weight is 279 g/mol. The Labute approximate surface area is 116 Å². The zero-order valence-corrected chi connectivity index (χ0v) is 11.9. The Morgan fingerprint density at radius 3 is 2.30 bits per heavy atom. The van der Waals surface area contributed by atoms with Crippen molar-refractivity contribution in [2.45, 2.75) is 6.54 Å². The Balaban J connectivity index is 2.47. The van der Waals surface area contributed by atoms with Gasteiger partial charge in [-0.3, -0.25) is 0 Å². The van der Waals surface area contributed by atoms with Crippen LogP contribution in [0.15, 0.2) is 16.7 Å². The molecular weight excluding hydrogens is 262 g/mol. The van der Waals surface area contributed by atoms with Crippen LogP contribution >= 0.6 is 0 Å². The second kappa shape index (κ2) is 6.25. The van der Waals surface area contributed by atoms with E-state index in [0.717, 1.165) is 0 Å². The zero-order valence-electron chi connectivity index (χ0n) is 11.9. The number of nitrogens with zero attached hydrogens (tertiary/aromatic N) is 2. The molecule has 0 fully saturated rings. The van der Waals surface area contributed by atoms with Crippen LogP contribution in [0.2, 0.25) is 0 Å². The van der Waals surface area contributed by atoms with Gasteiger partial charge in [0.2, 0.25) is 0 Å². The summed E-state index contributed by atoms with van der Waals surface area (Å²) in [4.78, 5) is 4.29. The lowest BCUT2D eigenvalue weighted by atomic mass is 10.1. The van der Waals surface area contributed by atoms with Crippen LogP contribution in [0.25, 0.3) is 11.5 Å². The smallest absolute Gasteiger partial charge is 0.261 e. The van der Waals surface area contributed by atoms with Gasteiger partial charge < -0.3 is 24.1 Å². The number of benzene rings is 1. The molecule has 0 radical (unpaired) electrons. The molecule has 0 saturated heterocycles. The highest BCUT2D eigenvalue weighted by Crippen LogP contribution is 2.39. The van der Waals surface area contributed by atoms with Gasteiger partial charge in [-0.15, -0.1) is 0 Å². The molecule has 108 valence electrons. The van der Waals surface area contributed by atoms with Gasteiger partial charge in [0.15, 0.2) is 17.3 Å². The number of rotatable bonds is 6. The van der Waals surface area contributed by atoms with E-state index < -0.39 is 0 Å². The molecule has 7 heteroatoms. The molecule has 20 heavy (non-hydrogen) atoms. The molecule has 0 spiro atoms. The molecule has 1 heterocycles. The zero-order chi connectivity index (χ0) is 14.5. The van der Waals surface area contributed by atoms with E-state index in [9.17, 15) is 0 Å². The number of hydrogen-bond donors (Lipinski definition) is 1. The van der Waals surface area contributed by atoms with Gasteiger partial charge in [0, 0.05) is 12.1 Å². The lowest BCUT2D eigenvalue weighted by Crippen LogP contribution is -2.06. The molecule has 7 nitrogen and oxygen atoms in total. The monoisotopic (exact) mass is 279 g/mol. The van der Waals surface area contributed by atoms with E-state index in [1.54, 1.807) is 33.5 Å². The first-order valence-corrected chi connectivity index (χ1v) is 6.01. The molecular formula is C13H17N3O4. The molecule has 0 saturated carbocycles. The Kier molecular flexibility index (Phi) is 4.41. The first-order chi connectivity index (χ1) is 9.73. The largest absolute Gasteiger partial charge is 0.496 e. The molecule has 1 aromatic carbocycles. The van der Waals surface area contributed by atoms with Gasteiger partial charge in [-0.1, -0.05) is 5.16 Å². The number of methoxy groups -OCH3 is 3. The summed E-state index contributed by atoms with van der Waals surface area (Å²) in [6.45, 7) is 0.527. The second-order valence-corrected chi connectivity index (χ2v) is 3.95. The van der Waals surface area contributed by atoms with Crippen molar-refractivity contribution in [2.75, 3.05) is 28.4 Å². The highest BCUT2D eigenvalue weighted by atomic mass is 16.5. The molecule has 0 amide bonds. The average Bonchev–Trinajstić information content (AvgIpc) is 2.94. The molecule has 0 aliphatic rings. The third-order valence-electron chi connectivity index (χ3n) is 2.74. The van der Waals surface area contributed by atoms with Crippen molar-refractivity contribution in [3.05, 3.63) is 18.0 Å². The SMILES string of the molecule is CNCc1noc(-c2cc(OC)c(OC)cc2OC)n1. The maximum absolute atomic E-state index is 5.33. The number of hydrogen-bond acceptors (Lipinski definition) is 7. The Hall–Kier alpha value is -2.28. The number of nitrogens with one attached hydrogen (secondary N) is 1. The normalized spacial score (nSPS) is 10.4. The second-order valence-electron chi connectivity index (χ2n) is 3.95. The minimum atomic E-state index is 0.369. The van der Waals surface area contributed by atoms with Crippen LogP contribution in [-0.2, 0) is 6.54 Å². The van der Waals surface area contributed by atoms with E-state index >= 15 is 0 Å². The molecule has 0 atom stereocenters. The first-order valence-electron chi connectivity index (χ1n) is 6.01. The molecule has 1 aromatic heterocycles. The van der Waals surface area contributed by atoms with Crippen molar-refractivity contribution < 1.29 is 18.7 Å². The quantitative estimate of drug-likeness (QED) is 0.858. The predicted octanol–water partition coefficient (Wildman–Crippen LogP) is 1.48. The molecule has 0 unspecified atom stereocenters. The summed E-state index contributed by atoms with van der Waals surface area (Å²) in [5, 5.41) is 6.84. The number of aromatic nitrogens is 2. The summed E-state index contributed by atoms with van der Waals surface area (Å²) in [7, 11) is 6.51. The topological polar surface area (TPSA) is 78.6 Å². The molecule has 2 aromatic rings. The van der Waals surface area contributed by atoms with Crippen molar-refractivity contribution >= 4 is 0 Å². The van der Waals surface area contributed by atoms with Gasteiger partial charge in [0.1, 0.15) is 5.75 Å². The van der Waals surface area contributed by atoms with Crippen LogP contribution in [0.4, 0.5) is 0 Å². The van der Waals surface area contributed by atoms with Crippen LogP contribution in [0, 0.1) is 0 Å². The maximum atomic E-state index is 5.33. The van der Waals surface area contributed by atoms with E-state index in [2.05, 4.69) is 15.5 Å². The fourth-order valence-electron chi connectivity index (χ4n) is 1.79. The van der Waals surface area contributed by atoms with Gasteiger partial charge in [-0.25, -0.2) is 0 Å². The van der Waals surface area contributed by atoms with Crippen molar-refractivity contribution in [2.24, 2.45) is 0 Å². The molecule has 0 aliphatic heterocycles. The molecule has 0 aliphatic carbocycles. The van der Waals surface area contributed by atoms with Crippen LogP contribution in [0.3, 0.4) is 0 Å². The van der Waals surface area contributed by atoms with Crippen molar-refractivity contribution in [3.8, 4) is 28.7 Å². The van der Waals surface area contributed by atoms with Crippen LogP contribution < -0.4 is 19.5 Å². The molecule has 1 N–H and O–H groups in total. The van der Waals surface area contributed by atoms with E-state index in [4.69, 9.17) is 18.7 Å². The Morgan fingerprint density at radius 1 is 1.05 bits per heavy atom. The highest BCUT2D eigenvalue weighted by Gasteiger charge is 2.18. The minimum Gasteiger partial charge on any atom is -0.496 e. The summed E-state index contributed by atoms with van der Waals surface area (Å²) in [5.41, 5.74) is 0.653. The fraction of sp³-hybridized carbons (Fsp3) is 0.385. The summed E-state index contributed by atoms with van der Waals surface area (Å²) >= 11 is 0. The van der Waals surface area contributed by atoms with Gasteiger partial charge in [0.05, 0.1) is 33.4 Å². The molecule has 2 rings (SSSR count). The van der Waals surface area contributed by atoms with Crippen LogP contribution in [0.5, 0.6) is 17.2 Å². The van der Waals surface area contributed by atoms with Crippen LogP contribution in [0.1, 0.15) is 5.82 Å². The highest BCUT2D eigenvalue weighted by molar-refractivity contribution is 5.68. The van der Waals surface area contributed by atoms with Crippen molar-refractivity contribution in [1.82, 2.24) is 15.5 Å². The van der Waals surface area contributed by atoms with Gasteiger partial charge >= 0.3 is 0 Å². The summed E-state index contributed by atoms with van der Waals surface area (Å²) < 4.78 is 21.1. The van der Waals surface area contributed by atoms with E-state index in [0.29, 0.717) is 41.1 Å².